The second-order valence-corrected chi connectivity index (χ2v) is 13.6. The molecule has 6 unspecified atom stereocenters. The third-order valence-corrected chi connectivity index (χ3v) is 11.9. The Hall–Kier alpha value is -0.643. The molecular formula is C21H30O2Si. The molecule has 2 nitrogen and oxygen atoms in total. The molecule has 1 aromatic rings. The van der Waals surface area contributed by atoms with Gasteiger partial charge in [-0.3, -0.25) is 0 Å². The molecule has 2 saturated heterocycles. The molecule has 2 aliphatic carbocycles. The largest absolute Gasteiger partial charge is 0.370 e. The van der Waals surface area contributed by atoms with Crippen molar-refractivity contribution < 1.29 is 9.47 Å². The van der Waals surface area contributed by atoms with Crippen molar-refractivity contribution in [3.05, 3.63) is 30.3 Å². The van der Waals surface area contributed by atoms with Crippen LogP contribution in [0.3, 0.4) is 0 Å². The summed E-state index contributed by atoms with van der Waals surface area (Å²) >= 11 is 0. The van der Waals surface area contributed by atoms with Gasteiger partial charge in [0.05, 0.1) is 32.5 Å². The van der Waals surface area contributed by atoms with Gasteiger partial charge in [-0.25, -0.2) is 0 Å². The summed E-state index contributed by atoms with van der Waals surface area (Å²) in [4.78, 5) is 0. The highest BCUT2D eigenvalue weighted by molar-refractivity contribution is 6.90. The molecule has 2 heterocycles. The Morgan fingerprint density at radius 3 is 1.83 bits per heavy atom. The first kappa shape index (κ1) is 15.6. The quantitative estimate of drug-likeness (QED) is 0.594. The lowest BCUT2D eigenvalue weighted by Gasteiger charge is -2.36. The van der Waals surface area contributed by atoms with Crippen LogP contribution < -0.4 is 5.19 Å². The van der Waals surface area contributed by atoms with Gasteiger partial charge < -0.3 is 9.47 Å². The minimum atomic E-state index is -1.43. The predicted octanol–water partition coefficient (Wildman–Crippen LogP) is 4.11. The standard InChI is InChI=1S/C21H30O2Si/c1-24(17-5-3-2-4-6-17,13-15-7-9-18-20(11-15)22-18)14-16-8-10-19-21(12-16)23-19/h2-6,15-16,18-21H,7-14H2,1H3. The fourth-order valence-electron chi connectivity index (χ4n) is 5.78. The van der Waals surface area contributed by atoms with Crippen LogP contribution in [0.15, 0.2) is 30.3 Å². The minimum absolute atomic E-state index is 0.619. The van der Waals surface area contributed by atoms with Gasteiger partial charge in [-0.15, -0.1) is 0 Å². The Morgan fingerprint density at radius 2 is 1.33 bits per heavy atom. The summed E-state index contributed by atoms with van der Waals surface area (Å²) in [6, 6.07) is 14.5. The van der Waals surface area contributed by atoms with E-state index in [-0.39, 0.29) is 0 Å². The summed E-state index contributed by atoms with van der Waals surface area (Å²) in [5, 5.41) is 1.68. The number of fused-ring (bicyclic) bond motifs is 2. The molecule has 5 rings (SSSR count). The molecular weight excluding hydrogens is 312 g/mol. The van der Waals surface area contributed by atoms with Crippen LogP contribution in [0.25, 0.3) is 0 Å². The molecule has 24 heavy (non-hydrogen) atoms. The highest BCUT2D eigenvalue weighted by atomic mass is 28.3. The third kappa shape index (κ3) is 3.11. The zero-order chi connectivity index (χ0) is 16.1. The Morgan fingerprint density at radius 1 is 0.792 bits per heavy atom. The van der Waals surface area contributed by atoms with Crippen LogP contribution in [0.4, 0.5) is 0 Å². The van der Waals surface area contributed by atoms with Crippen LogP contribution in [-0.2, 0) is 9.47 Å². The van der Waals surface area contributed by atoms with Crippen molar-refractivity contribution >= 4 is 13.3 Å². The fourth-order valence-corrected chi connectivity index (χ4v) is 10.7. The first-order valence-corrected chi connectivity index (χ1v) is 13.0. The summed E-state index contributed by atoms with van der Waals surface area (Å²) in [7, 11) is -1.43. The number of benzene rings is 1. The molecule has 1 aromatic carbocycles. The average molecular weight is 343 g/mol. The molecule has 0 N–H and O–H groups in total. The van der Waals surface area contributed by atoms with Crippen molar-refractivity contribution in [3.63, 3.8) is 0 Å². The Balaban J connectivity index is 1.33. The molecule has 130 valence electrons. The van der Waals surface area contributed by atoms with E-state index in [1.165, 1.54) is 50.6 Å². The van der Waals surface area contributed by atoms with Gasteiger partial charge in [0.1, 0.15) is 0 Å². The normalized spacial score (nSPS) is 42.5. The van der Waals surface area contributed by atoms with Crippen molar-refractivity contribution in [2.24, 2.45) is 11.8 Å². The highest BCUT2D eigenvalue weighted by Gasteiger charge is 2.48. The van der Waals surface area contributed by atoms with E-state index >= 15 is 0 Å². The van der Waals surface area contributed by atoms with E-state index in [1.807, 2.05) is 0 Å². The lowest BCUT2D eigenvalue weighted by molar-refractivity contribution is 0.364. The first-order chi connectivity index (χ1) is 11.7. The zero-order valence-corrected chi connectivity index (χ0v) is 15.8. The van der Waals surface area contributed by atoms with E-state index in [9.17, 15) is 0 Å². The number of ether oxygens (including phenoxy) is 2. The second-order valence-electron chi connectivity index (χ2n) is 9.12. The first-order valence-electron chi connectivity index (χ1n) is 10.1. The van der Waals surface area contributed by atoms with E-state index < -0.39 is 8.07 Å². The fraction of sp³-hybridized carbons (Fsp3) is 0.714. The van der Waals surface area contributed by atoms with Gasteiger partial charge in [0.25, 0.3) is 0 Å². The van der Waals surface area contributed by atoms with Gasteiger partial charge in [0.2, 0.25) is 0 Å². The highest BCUT2D eigenvalue weighted by Crippen LogP contribution is 2.46. The van der Waals surface area contributed by atoms with E-state index in [4.69, 9.17) is 9.47 Å². The number of hydrogen-bond acceptors (Lipinski definition) is 2. The Bertz CT molecular complexity index is 559. The van der Waals surface area contributed by atoms with E-state index in [1.54, 1.807) is 5.19 Å². The van der Waals surface area contributed by atoms with E-state index in [2.05, 4.69) is 36.9 Å². The van der Waals surface area contributed by atoms with E-state index in [0.717, 1.165) is 11.8 Å². The van der Waals surface area contributed by atoms with Crippen LogP contribution in [0.5, 0.6) is 0 Å². The maximum atomic E-state index is 5.80. The van der Waals surface area contributed by atoms with Gasteiger partial charge in [-0.1, -0.05) is 54.2 Å². The lowest BCUT2D eigenvalue weighted by atomic mass is 9.90. The molecule has 4 fully saturated rings. The van der Waals surface area contributed by atoms with Gasteiger partial charge in [0, 0.05) is 0 Å². The molecule has 6 atom stereocenters. The van der Waals surface area contributed by atoms with Crippen LogP contribution >= 0.6 is 0 Å². The molecule has 0 amide bonds. The van der Waals surface area contributed by atoms with Crippen LogP contribution in [-0.4, -0.2) is 32.5 Å². The van der Waals surface area contributed by atoms with Gasteiger partial charge in [-0.05, 0) is 50.4 Å². The molecule has 0 bridgehead atoms. The van der Waals surface area contributed by atoms with Crippen LogP contribution in [0.2, 0.25) is 18.6 Å². The Labute approximate surface area is 146 Å². The molecule has 2 saturated carbocycles. The van der Waals surface area contributed by atoms with Crippen molar-refractivity contribution in [2.45, 2.75) is 81.6 Å². The molecule has 0 radical (unpaired) electrons. The number of hydrogen-bond donors (Lipinski definition) is 0. The third-order valence-electron chi connectivity index (χ3n) is 7.17. The molecule has 0 aromatic heterocycles. The summed E-state index contributed by atoms with van der Waals surface area (Å²) in [5.41, 5.74) is 0. The second kappa shape index (κ2) is 5.96. The average Bonchev–Trinajstić information content (AvgIpc) is 3.49. The summed E-state index contributed by atoms with van der Waals surface area (Å²) in [5.74, 6) is 1.80. The van der Waals surface area contributed by atoms with Crippen LogP contribution in [0, 0.1) is 11.8 Å². The monoisotopic (exact) mass is 342 g/mol. The van der Waals surface area contributed by atoms with Gasteiger partial charge in [0.15, 0.2) is 0 Å². The smallest absolute Gasteiger partial charge is 0.0844 e. The minimum Gasteiger partial charge on any atom is -0.370 e. The van der Waals surface area contributed by atoms with Crippen molar-refractivity contribution in [3.8, 4) is 0 Å². The van der Waals surface area contributed by atoms with E-state index in [0.29, 0.717) is 24.4 Å². The molecule has 0 spiro atoms. The number of epoxide rings is 2. The zero-order valence-electron chi connectivity index (χ0n) is 14.8. The molecule has 3 heteroatoms. The predicted molar refractivity (Wildman–Crippen MR) is 99.3 cm³/mol. The van der Waals surface area contributed by atoms with Gasteiger partial charge >= 0.3 is 0 Å². The lowest BCUT2D eigenvalue weighted by Crippen LogP contribution is -2.48. The van der Waals surface area contributed by atoms with Crippen molar-refractivity contribution in [1.82, 2.24) is 0 Å². The summed E-state index contributed by atoms with van der Waals surface area (Å²) in [6.07, 6.45) is 10.6. The molecule has 2 aliphatic heterocycles. The van der Waals surface area contributed by atoms with Gasteiger partial charge in [-0.2, -0.15) is 0 Å². The SMILES string of the molecule is C[Si](CC1CCC2OC2C1)(CC1CCC2OC2C1)c1ccccc1. The number of rotatable bonds is 5. The van der Waals surface area contributed by atoms with Crippen molar-refractivity contribution in [2.75, 3.05) is 0 Å². The summed E-state index contributed by atoms with van der Waals surface area (Å²) < 4.78 is 11.6. The van der Waals surface area contributed by atoms with Crippen molar-refractivity contribution in [1.29, 1.82) is 0 Å². The topological polar surface area (TPSA) is 25.1 Å². The maximum Gasteiger partial charge on any atom is 0.0844 e. The Kier molecular flexibility index (Phi) is 3.88. The summed E-state index contributed by atoms with van der Waals surface area (Å²) in [6.45, 7) is 2.67. The van der Waals surface area contributed by atoms with Crippen LogP contribution in [0.1, 0.15) is 38.5 Å². The molecule has 4 aliphatic rings. The maximum absolute atomic E-state index is 5.80.